The minimum absolute atomic E-state index is 0.0637. The van der Waals surface area contributed by atoms with Crippen molar-refractivity contribution in [3.63, 3.8) is 0 Å². The van der Waals surface area contributed by atoms with Crippen molar-refractivity contribution in [3.8, 4) is 0 Å². The molecule has 64 valence electrons. The molecule has 0 saturated carbocycles. The molecule has 0 rings (SSSR count). The first-order valence-corrected chi connectivity index (χ1v) is 3.67. The van der Waals surface area contributed by atoms with Crippen LogP contribution in [0.15, 0.2) is 0 Å². The third kappa shape index (κ3) is 7.19. The number of ketones is 2. The smallest absolute Gasteiger partial charge is 0.158 e. The molecule has 0 aliphatic carbocycles. The number of hydrogen-bond acceptors (Lipinski definition) is 3. The lowest BCUT2D eigenvalue weighted by atomic mass is 10.1. The molecule has 0 aliphatic heterocycles. The van der Waals surface area contributed by atoms with Crippen molar-refractivity contribution in [2.24, 2.45) is 0 Å². The van der Waals surface area contributed by atoms with Crippen LogP contribution in [-0.2, 0) is 14.3 Å². The van der Waals surface area contributed by atoms with Crippen LogP contribution in [0.25, 0.3) is 0 Å². The van der Waals surface area contributed by atoms with Crippen LogP contribution in [0.2, 0.25) is 0 Å². The summed E-state index contributed by atoms with van der Waals surface area (Å²) in [4.78, 5) is 21.2. The second-order valence-corrected chi connectivity index (χ2v) is 2.53. The molecule has 0 radical (unpaired) electrons. The van der Waals surface area contributed by atoms with Gasteiger partial charge in [-0.05, 0) is 13.3 Å². The summed E-state index contributed by atoms with van der Waals surface area (Å²) in [5, 5.41) is 0. The lowest BCUT2D eigenvalue weighted by Crippen LogP contribution is -2.06. The van der Waals surface area contributed by atoms with Gasteiger partial charge in [-0.25, -0.2) is 0 Å². The van der Waals surface area contributed by atoms with E-state index in [0.717, 1.165) is 0 Å². The molecule has 0 saturated heterocycles. The van der Waals surface area contributed by atoms with Crippen molar-refractivity contribution in [2.45, 2.75) is 26.2 Å². The maximum absolute atomic E-state index is 10.8. The Balaban J connectivity index is 3.24. The van der Waals surface area contributed by atoms with E-state index in [0.29, 0.717) is 19.3 Å². The Hall–Kier alpha value is -0.700. The summed E-state index contributed by atoms with van der Waals surface area (Å²) >= 11 is 0. The van der Waals surface area contributed by atoms with E-state index in [2.05, 4.69) is 4.74 Å². The average molecular weight is 158 g/mol. The van der Waals surface area contributed by atoms with E-state index in [4.69, 9.17) is 0 Å². The quantitative estimate of drug-likeness (QED) is 0.578. The molecule has 0 unspecified atom stereocenters. The summed E-state index contributed by atoms with van der Waals surface area (Å²) in [6.45, 7) is 1.69. The van der Waals surface area contributed by atoms with Gasteiger partial charge in [0.15, 0.2) is 5.78 Å². The Kier molecular flexibility index (Phi) is 5.65. The number of hydrogen-bond donors (Lipinski definition) is 0. The summed E-state index contributed by atoms with van der Waals surface area (Å²) in [5.74, 6) is 0.198. The van der Waals surface area contributed by atoms with Crippen molar-refractivity contribution in [1.82, 2.24) is 0 Å². The second-order valence-electron chi connectivity index (χ2n) is 2.53. The summed E-state index contributed by atoms with van der Waals surface area (Å²) in [5.41, 5.74) is 0. The van der Waals surface area contributed by atoms with Crippen molar-refractivity contribution in [2.75, 3.05) is 13.7 Å². The van der Waals surface area contributed by atoms with Crippen molar-refractivity contribution < 1.29 is 14.3 Å². The predicted octanol–water partition coefficient (Wildman–Crippen LogP) is 0.961. The van der Waals surface area contributed by atoms with Gasteiger partial charge in [0.05, 0.1) is 0 Å². The summed E-state index contributed by atoms with van der Waals surface area (Å²) in [6, 6.07) is 0. The molecule has 0 aliphatic rings. The zero-order chi connectivity index (χ0) is 8.69. The fourth-order valence-electron chi connectivity index (χ4n) is 0.768. The maximum atomic E-state index is 10.8. The molecule has 3 nitrogen and oxygen atoms in total. The molecule has 0 heterocycles. The zero-order valence-electron chi connectivity index (χ0n) is 7.05. The fourth-order valence-corrected chi connectivity index (χ4v) is 0.768. The highest BCUT2D eigenvalue weighted by molar-refractivity contribution is 5.81. The molecule has 0 amide bonds. The number of Topliss-reactive ketones (excluding diaryl/α,β-unsaturated/α-hetero) is 2. The predicted molar refractivity (Wildman–Crippen MR) is 41.4 cm³/mol. The second kappa shape index (κ2) is 6.04. The van der Waals surface area contributed by atoms with Gasteiger partial charge >= 0.3 is 0 Å². The van der Waals surface area contributed by atoms with E-state index in [1.54, 1.807) is 0 Å². The molecule has 0 aromatic carbocycles. The normalized spacial score (nSPS) is 9.64. The molecule has 0 aromatic rings. The van der Waals surface area contributed by atoms with Crippen LogP contribution in [0.4, 0.5) is 0 Å². The van der Waals surface area contributed by atoms with E-state index >= 15 is 0 Å². The highest BCUT2D eigenvalue weighted by Crippen LogP contribution is 1.97. The average Bonchev–Trinajstić information content (AvgIpc) is 1.87. The molecule has 0 fully saturated rings. The summed E-state index contributed by atoms with van der Waals surface area (Å²) in [7, 11) is 1.49. The van der Waals surface area contributed by atoms with Crippen LogP contribution in [0.1, 0.15) is 26.2 Å². The lowest BCUT2D eigenvalue weighted by Gasteiger charge is -1.96. The van der Waals surface area contributed by atoms with Gasteiger partial charge in [-0.15, -0.1) is 0 Å². The van der Waals surface area contributed by atoms with Gasteiger partial charge in [-0.3, -0.25) is 4.79 Å². The van der Waals surface area contributed by atoms with Gasteiger partial charge < -0.3 is 9.53 Å². The van der Waals surface area contributed by atoms with E-state index < -0.39 is 0 Å². The highest BCUT2D eigenvalue weighted by atomic mass is 16.5. The van der Waals surface area contributed by atoms with E-state index in [1.807, 2.05) is 0 Å². The Morgan fingerprint density at radius 1 is 1.27 bits per heavy atom. The minimum Gasteiger partial charge on any atom is -0.377 e. The third-order valence-electron chi connectivity index (χ3n) is 1.29. The fraction of sp³-hybridized carbons (Fsp3) is 0.750. The number of rotatable bonds is 6. The van der Waals surface area contributed by atoms with Crippen LogP contribution in [-0.4, -0.2) is 25.3 Å². The molecule has 3 heteroatoms. The molecule has 0 N–H and O–H groups in total. The van der Waals surface area contributed by atoms with Crippen LogP contribution >= 0.6 is 0 Å². The first-order chi connectivity index (χ1) is 5.16. The first kappa shape index (κ1) is 10.3. The zero-order valence-corrected chi connectivity index (χ0v) is 7.05. The number of ether oxygens (including phenoxy) is 1. The maximum Gasteiger partial charge on any atom is 0.158 e. The van der Waals surface area contributed by atoms with Gasteiger partial charge in [0, 0.05) is 20.0 Å². The van der Waals surface area contributed by atoms with Crippen molar-refractivity contribution >= 4 is 11.6 Å². The lowest BCUT2D eigenvalue weighted by molar-refractivity contribution is -0.122. The number of carbonyl (C=O) groups excluding carboxylic acids is 2. The van der Waals surface area contributed by atoms with Crippen LogP contribution in [0.3, 0.4) is 0 Å². The molecule has 0 atom stereocenters. The standard InChI is InChI=1S/C8H14O3/c1-7(9)4-3-5-8(10)6-11-2/h3-6H2,1-2H3. The largest absolute Gasteiger partial charge is 0.377 e. The van der Waals surface area contributed by atoms with Crippen molar-refractivity contribution in [3.05, 3.63) is 0 Å². The molecule has 0 spiro atoms. The van der Waals surface area contributed by atoms with E-state index in [1.165, 1.54) is 14.0 Å². The molecule has 0 bridgehead atoms. The first-order valence-electron chi connectivity index (χ1n) is 3.67. The monoisotopic (exact) mass is 158 g/mol. The van der Waals surface area contributed by atoms with Crippen molar-refractivity contribution in [1.29, 1.82) is 0 Å². The molecule has 0 aromatic heterocycles. The van der Waals surface area contributed by atoms with Gasteiger partial charge in [-0.1, -0.05) is 0 Å². The number of carbonyl (C=O) groups is 2. The number of methoxy groups -OCH3 is 1. The molecular formula is C8H14O3. The van der Waals surface area contributed by atoms with Crippen LogP contribution in [0.5, 0.6) is 0 Å². The van der Waals surface area contributed by atoms with Gasteiger partial charge in [-0.2, -0.15) is 0 Å². The van der Waals surface area contributed by atoms with Crippen LogP contribution < -0.4 is 0 Å². The SMILES string of the molecule is COCC(=O)CCCC(C)=O. The van der Waals surface area contributed by atoms with Gasteiger partial charge in [0.2, 0.25) is 0 Å². The van der Waals surface area contributed by atoms with E-state index in [9.17, 15) is 9.59 Å². The summed E-state index contributed by atoms with van der Waals surface area (Å²) in [6.07, 6.45) is 1.60. The Morgan fingerprint density at radius 3 is 2.36 bits per heavy atom. The minimum atomic E-state index is 0.0637. The Bertz CT molecular complexity index is 140. The van der Waals surface area contributed by atoms with Gasteiger partial charge in [0.1, 0.15) is 12.4 Å². The molecule has 11 heavy (non-hydrogen) atoms. The Morgan fingerprint density at radius 2 is 1.91 bits per heavy atom. The highest BCUT2D eigenvalue weighted by Gasteiger charge is 2.01. The third-order valence-corrected chi connectivity index (χ3v) is 1.29. The van der Waals surface area contributed by atoms with Crippen LogP contribution in [0, 0.1) is 0 Å². The van der Waals surface area contributed by atoms with E-state index in [-0.39, 0.29) is 18.2 Å². The summed E-state index contributed by atoms with van der Waals surface area (Å²) < 4.78 is 4.63. The molecular weight excluding hydrogens is 144 g/mol. The topological polar surface area (TPSA) is 43.4 Å². The Labute approximate surface area is 66.7 Å². The van der Waals surface area contributed by atoms with Gasteiger partial charge in [0.25, 0.3) is 0 Å².